The SMILES string of the molecule is C=C1C(C(C)C)CCCCN1CCNC(C)N. The predicted molar refractivity (Wildman–Crippen MR) is 74.5 cm³/mol. The van der Waals surface area contributed by atoms with Crippen molar-refractivity contribution < 1.29 is 0 Å². The molecule has 1 fully saturated rings. The van der Waals surface area contributed by atoms with Crippen molar-refractivity contribution in [3.8, 4) is 0 Å². The van der Waals surface area contributed by atoms with Gasteiger partial charge in [0.2, 0.25) is 0 Å². The Bertz CT molecular complexity index is 236. The van der Waals surface area contributed by atoms with E-state index in [1.165, 1.54) is 25.0 Å². The van der Waals surface area contributed by atoms with Crippen molar-refractivity contribution in [3.63, 3.8) is 0 Å². The van der Waals surface area contributed by atoms with E-state index in [2.05, 4.69) is 30.6 Å². The van der Waals surface area contributed by atoms with E-state index in [4.69, 9.17) is 5.73 Å². The van der Waals surface area contributed by atoms with Crippen LogP contribution in [-0.2, 0) is 0 Å². The van der Waals surface area contributed by atoms with Crippen LogP contribution in [-0.4, -0.2) is 30.7 Å². The van der Waals surface area contributed by atoms with Crippen molar-refractivity contribution in [2.45, 2.75) is 46.2 Å². The van der Waals surface area contributed by atoms with Gasteiger partial charge in [-0.25, -0.2) is 0 Å². The summed E-state index contributed by atoms with van der Waals surface area (Å²) in [7, 11) is 0. The molecule has 0 spiro atoms. The minimum Gasteiger partial charge on any atom is -0.374 e. The van der Waals surface area contributed by atoms with Crippen LogP contribution >= 0.6 is 0 Å². The van der Waals surface area contributed by atoms with Gasteiger partial charge in [-0.1, -0.05) is 26.8 Å². The Morgan fingerprint density at radius 3 is 2.71 bits per heavy atom. The van der Waals surface area contributed by atoms with Gasteiger partial charge in [0.25, 0.3) is 0 Å². The lowest BCUT2D eigenvalue weighted by molar-refractivity contribution is 0.289. The standard InChI is InChI=1S/C14H29N3/c1-11(2)14-7-5-6-9-17(12(14)3)10-8-16-13(4)15/h11,13-14,16H,3,5-10,15H2,1-2,4H3. The molecule has 3 heteroatoms. The second-order valence-electron chi connectivity index (χ2n) is 5.57. The van der Waals surface area contributed by atoms with Crippen LogP contribution in [0.3, 0.4) is 0 Å². The summed E-state index contributed by atoms with van der Waals surface area (Å²) in [6.45, 7) is 14.0. The highest BCUT2D eigenvalue weighted by atomic mass is 15.2. The largest absolute Gasteiger partial charge is 0.374 e. The van der Waals surface area contributed by atoms with Crippen molar-refractivity contribution in [3.05, 3.63) is 12.3 Å². The molecule has 3 N–H and O–H groups in total. The number of likely N-dealkylation sites (tertiary alicyclic amines) is 1. The Kier molecular flexibility index (Phi) is 6.00. The van der Waals surface area contributed by atoms with Crippen LogP contribution in [0.15, 0.2) is 12.3 Å². The molecule has 1 aliphatic heterocycles. The normalized spacial score (nSPS) is 23.9. The van der Waals surface area contributed by atoms with Gasteiger partial charge in [-0.2, -0.15) is 0 Å². The maximum absolute atomic E-state index is 5.70. The van der Waals surface area contributed by atoms with E-state index in [0.717, 1.165) is 19.6 Å². The lowest BCUT2D eigenvalue weighted by Crippen LogP contribution is -2.40. The minimum absolute atomic E-state index is 0.0798. The van der Waals surface area contributed by atoms with Gasteiger partial charge in [-0.05, 0) is 25.7 Å². The Hall–Kier alpha value is -0.540. The molecule has 1 heterocycles. The molecule has 0 aromatic heterocycles. The van der Waals surface area contributed by atoms with E-state index in [1.54, 1.807) is 0 Å². The first-order valence-corrected chi connectivity index (χ1v) is 6.95. The molecule has 0 amide bonds. The van der Waals surface area contributed by atoms with E-state index in [-0.39, 0.29) is 6.17 Å². The highest BCUT2D eigenvalue weighted by molar-refractivity contribution is 5.03. The summed E-state index contributed by atoms with van der Waals surface area (Å²) >= 11 is 0. The van der Waals surface area contributed by atoms with Crippen LogP contribution < -0.4 is 11.1 Å². The van der Waals surface area contributed by atoms with E-state index in [9.17, 15) is 0 Å². The van der Waals surface area contributed by atoms with Crippen molar-refractivity contribution in [2.75, 3.05) is 19.6 Å². The highest BCUT2D eigenvalue weighted by Crippen LogP contribution is 2.30. The number of nitrogens with two attached hydrogens (primary N) is 1. The smallest absolute Gasteiger partial charge is 0.0517 e. The quantitative estimate of drug-likeness (QED) is 0.722. The molecule has 1 rings (SSSR count). The first-order valence-electron chi connectivity index (χ1n) is 6.95. The summed E-state index contributed by atoms with van der Waals surface area (Å²) in [5.41, 5.74) is 7.03. The molecule has 0 aromatic carbocycles. The zero-order chi connectivity index (χ0) is 12.8. The van der Waals surface area contributed by atoms with Gasteiger partial charge in [0.05, 0.1) is 6.17 Å². The van der Waals surface area contributed by atoms with Crippen molar-refractivity contribution in [1.82, 2.24) is 10.2 Å². The molecule has 2 unspecified atom stereocenters. The van der Waals surface area contributed by atoms with Gasteiger partial charge in [-0.15, -0.1) is 0 Å². The van der Waals surface area contributed by atoms with E-state index >= 15 is 0 Å². The second-order valence-corrected chi connectivity index (χ2v) is 5.57. The molecule has 17 heavy (non-hydrogen) atoms. The van der Waals surface area contributed by atoms with Crippen LogP contribution in [0.5, 0.6) is 0 Å². The van der Waals surface area contributed by atoms with Crippen molar-refractivity contribution in [1.29, 1.82) is 0 Å². The number of nitrogens with zero attached hydrogens (tertiary/aromatic N) is 1. The molecule has 0 aromatic rings. The summed E-state index contributed by atoms with van der Waals surface area (Å²) in [6.07, 6.45) is 4.00. The fraction of sp³-hybridized carbons (Fsp3) is 0.857. The Morgan fingerprint density at radius 2 is 2.12 bits per heavy atom. The van der Waals surface area contributed by atoms with Gasteiger partial charge in [0.1, 0.15) is 0 Å². The Labute approximate surface area is 106 Å². The first-order chi connectivity index (χ1) is 8.02. The van der Waals surface area contributed by atoms with Gasteiger partial charge >= 0.3 is 0 Å². The second kappa shape index (κ2) is 7.02. The summed E-state index contributed by atoms with van der Waals surface area (Å²) in [5.74, 6) is 1.36. The first kappa shape index (κ1) is 14.5. The molecule has 100 valence electrons. The van der Waals surface area contributed by atoms with Crippen LogP contribution in [0.2, 0.25) is 0 Å². The van der Waals surface area contributed by atoms with Gasteiger partial charge in [0, 0.05) is 31.2 Å². The number of nitrogens with one attached hydrogen (secondary N) is 1. The van der Waals surface area contributed by atoms with Crippen molar-refractivity contribution >= 4 is 0 Å². The monoisotopic (exact) mass is 239 g/mol. The Balaban J connectivity index is 2.48. The number of hydrogen-bond donors (Lipinski definition) is 2. The fourth-order valence-corrected chi connectivity index (χ4v) is 2.61. The summed E-state index contributed by atoms with van der Waals surface area (Å²) in [4.78, 5) is 2.45. The molecular weight excluding hydrogens is 210 g/mol. The topological polar surface area (TPSA) is 41.3 Å². The Morgan fingerprint density at radius 1 is 1.41 bits per heavy atom. The van der Waals surface area contributed by atoms with E-state index < -0.39 is 0 Å². The molecule has 0 bridgehead atoms. The lowest BCUT2D eigenvalue weighted by Gasteiger charge is -2.31. The summed E-state index contributed by atoms with van der Waals surface area (Å²) < 4.78 is 0. The van der Waals surface area contributed by atoms with Crippen LogP contribution in [0.1, 0.15) is 40.0 Å². The summed E-state index contributed by atoms with van der Waals surface area (Å²) in [6, 6.07) is 0. The van der Waals surface area contributed by atoms with Crippen molar-refractivity contribution in [2.24, 2.45) is 17.6 Å². The third-order valence-corrected chi connectivity index (χ3v) is 3.68. The van der Waals surface area contributed by atoms with E-state index in [1.807, 2.05) is 6.92 Å². The van der Waals surface area contributed by atoms with Crippen LogP contribution in [0, 0.1) is 11.8 Å². The molecule has 1 aliphatic rings. The minimum atomic E-state index is 0.0798. The number of rotatable bonds is 5. The van der Waals surface area contributed by atoms with Crippen LogP contribution in [0.4, 0.5) is 0 Å². The van der Waals surface area contributed by atoms with E-state index in [0.29, 0.717) is 11.8 Å². The molecular formula is C14H29N3. The zero-order valence-corrected chi connectivity index (χ0v) is 11.7. The summed E-state index contributed by atoms with van der Waals surface area (Å²) in [5, 5.41) is 3.27. The average molecular weight is 239 g/mol. The number of hydrogen-bond acceptors (Lipinski definition) is 3. The fourth-order valence-electron chi connectivity index (χ4n) is 2.61. The molecule has 2 atom stereocenters. The average Bonchev–Trinajstić information content (AvgIpc) is 2.41. The maximum atomic E-state index is 5.70. The highest BCUT2D eigenvalue weighted by Gasteiger charge is 2.23. The predicted octanol–water partition coefficient (Wildman–Crippen LogP) is 2.15. The number of allylic oxidation sites excluding steroid dienone is 1. The third kappa shape index (κ3) is 4.68. The molecule has 3 nitrogen and oxygen atoms in total. The molecule has 0 radical (unpaired) electrons. The van der Waals surface area contributed by atoms with Crippen LogP contribution in [0.25, 0.3) is 0 Å². The maximum Gasteiger partial charge on any atom is 0.0517 e. The lowest BCUT2D eigenvalue weighted by atomic mass is 9.89. The molecule has 0 saturated carbocycles. The van der Waals surface area contributed by atoms with Gasteiger partial charge in [0.15, 0.2) is 0 Å². The third-order valence-electron chi connectivity index (χ3n) is 3.68. The van der Waals surface area contributed by atoms with Gasteiger partial charge < -0.3 is 16.0 Å². The zero-order valence-electron chi connectivity index (χ0n) is 11.7. The molecule has 0 aliphatic carbocycles. The van der Waals surface area contributed by atoms with Gasteiger partial charge in [-0.3, -0.25) is 0 Å². The molecule has 1 saturated heterocycles.